The highest BCUT2D eigenvalue weighted by Crippen LogP contribution is 2.55. The van der Waals surface area contributed by atoms with E-state index in [1.165, 1.54) is 6.92 Å². The second kappa shape index (κ2) is 21.2. The zero-order valence-electron chi connectivity index (χ0n) is 35.1. The monoisotopic (exact) mass is 907 g/mol. The number of unbranched alkanes of at least 4 members (excludes halogenated alkanes) is 3. The topological polar surface area (TPSA) is 199 Å². The lowest BCUT2D eigenvalue weighted by molar-refractivity contribution is -0.325. The number of hydrogen-bond acceptors (Lipinski definition) is 16. The molecule has 1 amide bonds. The SMILES string of the molecule is CCCCCCO[C@@H]1O[C@H](CO[C@H]2O[C@@H]3CO[Si](C(C)(C)C)(C(C)(C)C)O[C@@H]3[C@H](OC(C)=O)[C@H]2NC(=O)OCC(Cl)(Cl)Cl)[C@@H](OC(C)=O)[C@H](OC(C)=O)[C@H]1OC(C)=O. The van der Waals surface area contributed by atoms with Gasteiger partial charge in [0.2, 0.25) is 3.79 Å². The van der Waals surface area contributed by atoms with E-state index in [1.54, 1.807) is 0 Å². The number of carbonyl (C=O) groups excluding carboxylic acids is 5. The van der Waals surface area contributed by atoms with Crippen LogP contribution in [0.2, 0.25) is 10.1 Å². The van der Waals surface area contributed by atoms with Gasteiger partial charge in [0.25, 0.3) is 0 Å². The predicted molar refractivity (Wildman–Crippen MR) is 210 cm³/mol. The van der Waals surface area contributed by atoms with Gasteiger partial charge in [-0.15, -0.1) is 0 Å². The quantitative estimate of drug-likeness (QED) is 0.0690. The van der Waals surface area contributed by atoms with Gasteiger partial charge in [-0.25, -0.2) is 4.79 Å². The van der Waals surface area contributed by atoms with Crippen molar-refractivity contribution >= 4 is 73.3 Å². The van der Waals surface area contributed by atoms with Crippen LogP contribution >= 0.6 is 34.8 Å². The third-order valence-electron chi connectivity index (χ3n) is 9.53. The first-order chi connectivity index (χ1) is 26.8. The minimum atomic E-state index is -3.22. The molecular weight excluding hydrogens is 849 g/mol. The van der Waals surface area contributed by atoms with Crippen LogP contribution < -0.4 is 5.32 Å². The van der Waals surface area contributed by atoms with Crippen molar-refractivity contribution in [1.82, 2.24) is 5.32 Å². The van der Waals surface area contributed by atoms with Crippen molar-refractivity contribution in [3.8, 4) is 0 Å². The Balaban J connectivity index is 2.07. The summed E-state index contributed by atoms with van der Waals surface area (Å²) in [6, 6.07) is -1.34. The van der Waals surface area contributed by atoms with Crippen molar-refractivity contribution in [2.24, 2.45) is 0 Å². The molecule has 17 nitrogen and oxygen atoms in total. The van der Waals surface area contributed by atoms with Gasteiger partial charge in [0, 0.05) is 44.4 Å². The number of ether oxygens (including phenoxy) is 9. The summed E-state index contributed by atoms with van der Waals surface area (Å²) in [7, 11) is -3.22. The van der Waals surface area contributed by atoms with Crippen molar-refractivity contribution in [3.63, 3.8) is 0 Å². The van der Waals surface area contributed by atoms with Gasteiger partial charge in [-0.2, -0.15) is 0 Å². The lowest BCUT2D eigenvalue weighted by atomic mass is 9.96. The number of rotatable bonds is 15. The number of alkyl halides is 3. The van der Waals surface area contributed by atoms with E-state index in [9.17, 15) is 24.0 Å². The number of amides is 1. The minimum absolute atomic E-state index is 0.00994. The van der Waals surface area contributed by atoms with Gasteiger partial charge in [0.05, 0.1) is 13.2 Å². The zero-order valence-corrected chi connectivity index (χ0v) is 38.4. The van der Waals surface area contributed by atoms with Crippen LogP contribution in [-0.4, -0.2) is 130 Å². The summed E-state index contributed by atoms with van der Waals surface area (Å²) in [5.74, 6) is -2.99. The molecule has 3 saturated heterocycles. The molecule has 0 aromatic heterocycles. The lowest BCUT2D eigenvalue weighted by Gasteiger charge is -2.58. The van der Waals surface area contributed by atoms with Gasteiger partial charge < -0.3 is 56.8 Å². The Hall–Kier alpha value is -2.00. The van der Waals surface area contributed by atoms with Crippen molar-refractivity contribution in [1.29, 1.82) is 0 Å². The zero-order chi connectivity index (χ0) is 43.8. The number of fused-ring (bicyclic) bond motifs is 1. The average Bonchev–Trinajstić information content (AvgIpc) is 3.07. The molecule has 0 spiro atoms. The molecule has 3 aliphatic rings. The van der Waals surface area contributed by atoms with E-state index in [2.05, 4.69) is 12.2 Å². The van der Waals surface area contributed by atoms with Gasteiger partial charge in [0.1, 0.15) is 31.0 Å². The Morgan fingerprint density at radius 1 is 0.707 bits per heavy atom. The second-order valence-corrected chi connectivity index (χ2v) is 23.8. The van der Waals surface area contributed by atoms with Crippen molar-refractivity contribution in [2.45, 2.75) is 177 Å². The van der Waals surface area contributed by atoms with Crippen LogP contribution in [0.4, 0.5) is 4.79 Å². The molecule has 334 valence electrons. The molecule has 21 heteroatoms. The third-order valence-corrected chi connectivity index (χ3v) is 15.0. The molecule has 58 heavy (non-hydrogen) atoms. The van der Waals surface area contributed by atoms with E-state index in [1.807, 2.05) is 41.5 Å². The van der Waals surface area contributed by atoms with E-state index in [0.29, 0.717) is 6.42 Å². The molecule has 3 heterocycles. The summed E-state index contributed by atoms with van der Waals surface area (Å²) in [5.41, 5.74) is 0. The molecular formula is C37H60Cl3NO16Si. The Bertz CT molecular complexity index is 1410. The first-order valence-corrected chi connectivity index (χ1v) is 22.3. The molecule has 3 rings (SSSR count). The van der Waals surface area contributed by atoms with Crippen LogP contribution in [0.25, 0.3) is 0 Å². The fourth-order valence-electron chi connectivity index (χ4n) is 7.51. The van der Waals surface area contributed by atoms with Crippen molar-refractivity contribution in [3.05, 3.63) is 0 Å². The summed E-state index contributed by atoms with van der Waals surface area (Å²) in [5, 5.41) is 1.66. The number of alkyl carbamates (subject to hydrolysis) is 1. The maximum Gasteiger partial charge on any atom is 0.407 e. The third kappa shape index (κ3) is 13.8. The molecule has 1 N–H and O–H groups in total. The van der Waals surface area contributed by atoms with E-state index < -0.39 is 127 Å². The molecule has 0 unspecified atom stereocenters. The smallest absolute Gasteiger partial charge is 0.407 e. The van der Waals surface area contributed by atoms with E-state index in [-0.39, 0.29) is 13.2 Å². The fraction of sp³-hybridized carbons (Fsp3) is 0.865. The summed E-state index contributed by atoms with van der Waals surface area (Å²) in [4.78, 5) is 63.3. The van der Waals surface area contributed by atoms with E-state index in [0.717, 1.165) is 40.0 Å². The molecule has 0 bridgehead atoms. The van der Waals surface area contributed by atoms with Crippen LogP contribution in [0.15, 0.2) is 0 Å². The number of carbonyl (C=O) groups is 5. The van der Waals surface area contributed by atoms with E-state index in [4.69, 9.17) is 86.3 Å². The molecule has 0 radical (unpaired) electrons. The maximum atomic E-state index is 13.3. The number of nitrogens with one attached hydrogen (secondary N) is 1. The van der Waals surface area contributed by atoms with Crippen LogP contribution in [0.1, 0.15) is 102 Å². The van der Waals surface area contributed by atoms with Gasteiger partial charge in [-0.05, 0) is 6.42 Å². The summed E-state index contributed by atoms with van der Waals surface area (Å²) in [6.45, 7) is 17.8. The normalized spacial score (nSPS) is 30.0. The summed E-state index contributed by atoms with van der Waals surface area (Å²) < 4.78 is 64.6. The first-order valence-electron chi connectivity index (χ1n) is 19.3. The largest absolute Gasteiger partial charge is 0.457 e. The number of halogens is 3. The molecule has 3 fully saturated rings. The van der Waals surface area contributed by atoms with Crippen LogP contribution in [-0.2, 0) is 70.7 Å². The summed E-state index contributed by atoms with van der Waals surface area (Å²) in [6.07, 6.45) is -8.93. The minimum Gasteiger partial charge on any atom is -0.457 e. The van der Waals surface area contributed by atoms with E-state index >= 15 is 0 Å². The Morgan fingerprint density at radius 3 is 1.79 bits per heavy atom. The summed E-state index contributed by atoms with van der Waals surface area (Å²) >= 11 is 17.5. The van der Waals surface area contributed by atoms with Gasteiger partial charge in [0.15, 0.2) is 37.0 Å². The molecule has 3 aliphatic heterocycles. The van der Waals surface area contributed by atoms with Gasteiger partial charge >= 0.3 is 38.5 Å². The molecule has 10 atom stereocenters. The second-order valence-electron chi connectivity index (χ2n) is 16.5. The van der Waals surface area contributed by atoms with Crippen molar-refractivity contribution < 1.29 is 75.5 Å². The van der Waals surface area contributed by atoms with Gasteiger partial charge in [-0.1, -0.05) is 103 Å². The standard InChI is InChI=1S/C37H60Cl3NO16Si/c1-12-13-14-15-16-47-33-31(54-23(5)45)30(53-22(4)44)27(51-20(2)42)24(56-33)17-48-32-26(41-34(46)49-19-37(38,39)40)29(52-21(3)43)28-25(55-32)18-50-58(57-28,35(6,7)8)36(9,10)11/h24-33H,12-19H2,1-11H3,(H,41,46)/t24-,25-,26-,27-,28+,29-,30+,31-,32+,33-/m1/s1. The van der Waals surface area contributed by atoms with Crippen LogP contribution in [0.5, 0.6) is 0 Å². The molecule has 0 aromatic rings. The lowest BCUT2D eigenvalue weighted by Crippen LogP contribution is -2.74. The highest BCUT2D eigenvalue weighted by molar-refractivity contribution is 6.73. The Morgan fingerprint density at radius 2 is 1.26 bits per heavy atom. The van der Waals surface area contributed by atoms with Crippen LogP contribution in [0.3, 0.4) is 0 Å². The fourth-order valence-corrected chi connectivity index (χ4v) is 12.6. The Labute approximate surface area is 356 Å². The van der Waals surface area contributed by atoms with Gasteiger partial charge in [-0.3, -0.25) is 19.2 Å². The van der Waals surface area contributed by atoms with Crippen LogP contribution in [0, 0.1) is 0 Å². The van der Waals surface area contributed by atoms with Crippen molar-refractivity contribution in [2.75, 3.05) is 26.4 Å². The molecule has 0 aromatic carbocycles. The highest BCUT2D eigenvalue weighted by atomic mass is 35.6. The number of hydrogen-bond donors (Lipinski definition) is 1. The predicted octanol–water partition coefficient (Wildman–Crippen LogP) is 5.70. The number of esters is 4. The maximum absolute atomic E-state index is 13.3. The molecule has 0 saturated carbocycles. The highest BCUT2D eigenvalue weighted by Gasteiger charge is 2.65. The first kappa shape index (κ1) is 50.4. The average molecular weight is 909 g/mol. The molecule has 0 aliphatic carbocycles. The Kier molecular flexibility index (Phi) is 18.4.